The van der Waals surface area contributed by atoms with Gasteiger partial charge in [0.25, 0.3) is 5.91 Å². The molecule has 0 radical (unpaired) electrons. The number of hydrogen-bond donors (Lipinski definition) is 3. The third-order valence-electron chi connectivity index (χ3n) is 4.27. The van der Waals surface area contributed by atoms with Gasteiger partial charge in [-0.25, -0.2) is 21.9 Å². The standard InChI is InChI=1S/C19H21F2N7O3S/c1-27(2)11-10-23-32(30,31)13-8-6-12(7-9-13)24-19-25-18(22)28(26-19)17(29)16-14(20)4-3-5-15(16)21/h3-9,23H,10-11H2,1-2H3,(H3,22,24,25,26). The number of rotatable bonds is 8. The van der Waals surface area contributed by atoms with Crippen LogP contribution in [-0.2, 0) is 10.0 Å². The third-order valence-corrected chi connectivity index (χ3v) is 5.75. The van der Waals surface area contributed by atoms with E-state index in [1.54, 1.807) is 0 Å². The predicted octanol–water partition coefficient (Wildman–Crippen LogP) is 1.41. The molecule has 170 valence electrons. The number of nitrogens with two attached hydrogens (primary N) is 1. The largest absolute Gasteiger partial charge is 0.368 e. The van der Waals surface area contributed by atoms with Crippen molar-refractivity contribution in [2.75, 3.05) is 38.2 Å². The zero-order valence-electron chi connectivity index (χ0n) is 17.2. The predicted molar refractivity (Wildman–Crippen MR) is 114 cm³/mol. The molecular weight excluding hydrogens is 444 g/mol. The molecule has 10 nitrogen and oxygen atoms in total. The number of halogens is 2. The Labute approximate surface area is 183 Å². The highest BCUT2D eigenvalue weighted by molar-refractivity contribution is 7.89. The lowest BCUT2D eigenvalue weighted by Crippen LogP contribution is -2.31. The minimum atomic E-state index is -3.67. The average Bonchev–Trinajstić information content (AvgIpc) is 3.07. The van der Waals surface area contributed by atoms with Crippen LogP contribution < -0.4 is 15.8 Å². The second-order valence-electron chi connectivity index (χ2n) is 6.96. The fourth-order valence-electron chi connectivity index (χ4n) is 2.67. The number of sulfonamides is 1. The molecule has 0 aliphatic carbocycles. The quantitative estimate of drug-likeness (QED) is 0.455. The molecule has 13 heteroatoms. The summed E-state index contributed by atoms with van der Waals surface area (Å²) in [5.74, 6) is -3.74. The van der Waals surface area contributed by atoms with Crippen LogP contribution in [0.5, 0.6) is 0 Å². The van der Waals surface area contributed by atoms with Crippen molar-refractivity contribution in [2.24, 2.45) is 0 Å². The van der Waals surface area contributed by atoms with Crippen molar-refractivity contribution in [3.8, 4) is 0 Å². The van der Waals surface area contributed by atoms with E-state index < -0.39 is 33.1 Å². The lowest BCUT2D eigenvalue weighted by molar-refractivity contribution is 0.0939. The van der Waals surface area contributed by atoms with Crippen molar-refractivity contribution >= 4 is 33.5 Å². The third kappa shape index (κ3) is 5.25. The molecule has 0 saturated heterocycles. The Morgan fingerprint density at radius 2 is 1.75 bits per heavy atom. The van der Waals surface area contributed by atoms with E-state index in [2.05, 4.69) is 20.1 Å². The molecule has 4 N–H and O–H groups in total. The van der Waals surface area contributed by atoms with Crippen LogP contribution in [0.1, 0.15) is 10.4 Å². The van der Waals surface area contributed by atoms with Crippen LogP contribution in [0.4, 0.5) is 26.4 Å². The van der Waals surface area contributed by atoms with Gasteiger partial charge in [0, 0.05) is 18.8 Å². The van der Waals surface area contributed by atoms with Crippen LogP contribution in [0.3, 0.4) is 0 Å². The van der Waals surface area contributed by atoms with Crippen LogP contribution in [0.15, 0.2) is 47.4 Å². The summed E-state index contributed by atoms with van der Waals surface area (Å²) in [4.78, 5) is 18.2. The molecule has 1 heterocycles. The van der Waals surface area contributed by atoms with Crippen molar-refractivity contribution < 1.29 is 22.0 Å². The number of anilines is 3. The van der Waals surface area contributed by atoms with Crippen molar-refractivity contribution in [2.45, 2.75) is 4.90 Å². The zero-order valence-corrected chi connectivity index (χ0v) is 18.0. The Balaban J connectivity index is 1.74. The van der Waals surface area contributed by atoms with Crippen molar-refractivity contribution in [3.05, 3.63) is 59.7 Å². The Morgan fingerprint density at radius 1 is 1.12 bits per heavy atom. The minimum Gasteiger partial charge on any atom is -0.368 e. The summed E-state index contributed by atoms with van der Waals surface area (Å²) in [6, 6.07) is 8.69. The number of hydrogen-bond acceptors (Lipinski definition) is 8. The summed E-state index contributed by atoms with van der Waals surface area (Å²) in [7, 11) is -0.0124. The molecular formula is C19H21F2N7O3S. The van der Waals surface area contributed by atoms with Gasteiger partial charge in [0.2, 0.25) is 21.9 Å². The van der Waals surface area contributed by atoms with Crippen molar-refractivity contribution in [1.29, 1.82) is 0 Å². The van der Waals surface area contributed by atoms with Crippen LogP contribution in [-0.4, -0.2) is 61.2 Å². The monoisotopic (exact) mass is 465 g/mol. The van der Waals surface area contributed by atoms with Gasteiger partial charge in [-0.1, -0.05) is 6.07 Å². The van der Waals surface area contributed by atoms with Gasteiger partial charge >= 0.3 is 0 Å². The van der Waals surface area contributed by atoms with Crippen LogP contribution in [0.25, 0.3) is 0 Å². The van der Waals surface area contributed by atoms with E-state index in [9.17, 15) is 22.0 Å². The molecule has 0 atom stereocenters. The molecule has 3 rings (SSSR count). The first-order valence-corrected chi connectivity index (χ1v) is 10.8. The van der Waals surface area contributed by atoms with E-state index in [0.29, 0.717) is 16.9 Å². The summed E-state index contributed by atoms with van der Waals surface area (Å²) in [6.07, 6.45) is 0. The molecule has 2 aromatic carbocycles. The maximum Gasteiger partial charge on any atom is 0.287 e. The first kappa shape index (κ1) is 23.2. The topological polar surface area (TPSA) is 135 Å². The normalized spacial score (nSPS) is 11.7. The molecule has 0 amide bonds. The Hall–Kier alpha value is -3.42. The summed E-state index contributed by atoms with van der Waals surface area (Å²) in [6.45, 7) is 0.802. The molecule has 32 heavy (non-hydrogen) atoms. The number of benzene rings is 2. The second kappa shape index (κ2) is 9.38. The molecule has 0 fully saturated rings. The van der Waals surface area contributed by atoms with Gasteiger partial charge < -0.3 is 16.0 Å². The highest BCUT2D eigenvalue weighted by atomic mass is 32.2. The second-order valence-corrected chi connectivity index (χ2v) is 8.72. The summed E-state index contributed by atoms with van der Waals surface area (Å²) >= 11 is 0. The molecule has 0 bridgehead atoms. The molecule has 0 aliphatic rings. The molecule has 0 saturated carbocycles. The summed E-state index contributed by atoms with van der Waals surface area (Å²) in [5.41, 5.74) is 5.26. The molecule has 1 aromatic heterocycles. The fourth-order valence-corrected chi connectivity index (χ4v) is 3.69. The summed E-state index contributed by atoms with van der Waals surface area (Å²) in [5, 5.41) is 6.60. The lowest BCUT2D eigenvalue weighted by Gasteiger charge is -2.11. The Morgan fingerprint density at radius 3 is 2.34 bits per heavy atom. The number of likely N-dealkylation sites (N-methyl/N-ethyl adjacent to an activating group) is 1. The Bertz CT molecular complexity index is 1210. The maximum atomic E-state index is 13.9. The SMILES string of the molecule is CN(C)CCNS(=O)(=O)c1ccc(Nc2nc(N)n(C(=O)c3c(F)cccc3F)n2)cc1. The van der Waals surface area contributed by atoms with Gasteiger partial charge in [0.05, 0.1) is 4.90 Å². The number of carbonyl (C=O) groups excluding carboxylic acids is 1. The van der Waals surface area contributed by atoms with Gasteiger partial charge in [-0.05, 0) is 50.5 Å². The van der Waals surface area contributed by atoms with Crippen LogP contribution in [0, 0.1) is 11.6 Å². The van der Waals surface area contributed by atoms with E-state index in [-0.39, 0.29) is 23.3 Å². The minimum absolute atomic E-state index is 0.0602. The van der Waals surface area contributed by atoms with Gasteiger partial charge in [0.15, 0.2) is 0 Å². The smallest absolute Gasteiger partial charge is 0.287 e. The van der Waals surface area contributed by atoms with E-state index in [1.165, 1.54) is 24.3 Å². The number of nitrogens with one attached hydrogen (secondary N) is 2. The van der Waals surface area contributed by atoms with E-state index >= 15 is 0 Å². The fraction of sp³-hybridized carbons (Fsp3) is 0.211. The Kier molecular flexibility index (Phi) is 6.81. The van der Waals surface area contributed by atoms with E-state index in [1.807, 2.05) is 19.0 Å². The maximum absolute atomic E-state index is 13.9. The lowest BCUT2D eigenvalue weighted by atomic mass is 10.2. The first-order valence-electron chi connectivity index (χ1n) is 9.31. The van der Waals surface area contributed by atoms with Crippen LogP contribution >= 0.6 is 0 Å². The zero-order chi connectivity index (χ0) is 23.5. The van der Waals surface area contributed by atoms with Crippen molar-refractivity contribution in [3.63, 3.8) is 0 Å². The molecule has 0 aliphatic heterocycles. The number of nitrogen functional groups attached to an aromatic ring is 1. The van der Waals surface area contributed by atoms with Gasteiger partial charge in [0.1, 0.15) is 17.2 Å². The van der Waals surface area contributed by atoms with Gasteiger partial charge in [-0.3, -0.25) is 4.79 Å². The molecule has 3 aromatic rings. The van der Waals surface area contributed by atoms with E-state index in [4.69, 9.17) is 5.73 Å². The van der Waals surface area contributed by atoms with E-state index in [0.717, 1.165) is 18.2 Å². The van der Waals surface area contributed by atoms with Crippen molar-refractivity contribution in [1.82, 2.24) is 24.4 Å². The first-order chi connectivity index (χ1) is 15.1. The van der Waals surface area contributed by atoms with Gasteiger partial charge in [-0.15, -0.1) is 5.10 Å². The number of aromatic nitrogens is 3. The average molecular weight is 465 g/mol. The number of carbonyl (C=O) groups is 1. The highest BCUT2D eigenvalue weighted by Gasteiger charge is 2.23. The summed E-state index contributed by atoms with van der Waals surface area (Å²) < 4.78 is 55.4. The molecule has 0 unspecified atom stereocenters. The van der Waals surface area contributed by atoms with Gasteiger partial charge in [-0.2, -0.15) is 9.67 Å². The number of nitrogens with zero attached hydrogens (tertiary/aromatic N) is 4. The highest BCUT2D eigenvalue weighted by Crippen LogP contribution is 2.19. The molecule has 0 spiro atoms. The van der Waals surface area contributed by atoms with Crippen LogP contribution in [0.2, 0.25) is 0 Å².